The first kappa shape index (κ1) is 37.1. The molecule has 6 amide bonds. The van der Waals surface area contributed by atoms with Crippen molar-refractivity contribution in [2.75, 3.05) is 13.2 Å². The zero-order valence-corrected chi connectivity index (χ0v) is 30.1. The Balaban J connectivity index is 1.36. The molecule has 1 aromatic carbocycles. The number of benzene rings is 1. The minimum atomic E-state index is -1.10. The topological polar surface area (TPSA) is 189 Å². The van der Waals surface area contributed by atoms with Crippen LogP contribution in [0.2, 0.25) is 0 Å². The number of nitrogens with zero attached hydrogens (tertiary/aromatic N) is 1. The molecule has 13 nitrogen and oxygen atoms in total. The molecule has 1 heterocycles. The molecule has 5 rings (SSSR count). The molecule has 0 spiro atoms. The summed E-state index contributed by atoms with van der Waals surface area (Å²) in [7, 11) is 0. The van der Waals surface area contributed by atoms with Crippen LogP contribution in [0, 0.1) is 35.0 Å². The number of urea groups is 1. The number of rotatable bonds is 14. The van der Waals surface area contributed by atoms with Gasteiger partial charge in [-0.25, -0.2) is 9.59 Å². The van der Waals surface area contributed by atoms with Gasteiger partial charge in [-0.3, -0.25) is 19.2 Å². The number of hydrogen-bond donors (Lipinski definition) is 5. The monoisotopic (exact) mass is 694 g/mol. The number of carbonyl (C=O) groups is 6. The molecule has 3 fully saturated rings. The van der Waals surface area contributed by atoms with Crippen molar-refractivity contribution < 1.29 is 33.5 Å². The number of nitrogens with two attached hydrogens (primary N) is 1. The predicted molar refractivity (Wildman–Crippen MR) is 185 cm³/mol. The van der Waals surface area contributed by atoms with Crippen LogP contribution in [0.3, 0.4) is 0 Å². The molecule has 3 aliphatic carbocycles. The summed E-state index contributed by atoms with van der Waals surface area (Å²) in [6.45, 7) is 11.8. The van der Waals surface area contributed by atoms with Gasteiger partial charge in [0, 0.05) is 12.6 Å². The van der Waals surface area contributed by atoms with Gasteiger partial charge in [0.25, 0.3) is 5.91 Å². The molecule has 6 N–H and O–H groups in total. The Hall–Kier alpha value is -4.16. The lowest BCUT2D eigenvalue weighted by molar-refractivity contribution is -0.144. The molecule has 2 saturated carbocycles. The van der Waals surface area contributed by atoms with Gasteiger partial charge in [0.2, 0.25) is 17.6 Å². The number of Topliss-reactive ketones (excluding diaryl/α,β-unsaturated/α-hetero) is 1. The maximum Gasteiger partial charge on any atom is 0.407 e. The van der Waals surface area contributed by atoms with Crippen LogP contribution in [0.1, 0.15) is 78.4 Å². The lowest BCUT2D eigenvalue weighted by Gasteiger charge is -2.36. The minimum Gasteiger partial charge on any atom is -0.447 e. The quantitative estimate of drug-likeness (QED) is 0.185. The third-order valence-electron chi connectivity index (χ3n) is 11.5. The Labute approximate surface area is 294 Å². The van der Waals surface area contributed by atoms with E-state index in [-0.39, 0.29) is 53.6 Å². The number of carbonyl (C=O) groups excluding carboxylic acids is 6. The van der Waals surface area contributed by atoms with Crippen molar-refractivity contribution in [2.24, 2.45) is 40.7 Å². The summed E-state index contributed by atoms with van der Waals surface area (Å²) < 4.78 is 5.36. The Morgan fingerprint density at radius 2 is 1.58 bits per heavy atom. The largest absolute Gasteiger partial charge is 0.447 e. The molecule has 0 bridgehead atoms. The number of hydrogen-bond acceptors (Lipinski definition) is 7. The number of ketones is 1. The number of piperidine rings is 1. The Morgan fingerprint density at radius 3 is 2.12 bits per heavy atom. The summed E-state index contributed by atoms with van der Waals surface area (Å²) in [5, 5.41) is 11.3. The molecule has 4 aliphatic rings. The molecule has 6 atom stereocenters. The number of fused-ring (bicyclic) bond motifs is 2. The van der Waals surface area contributed by atoms with Crippen molar-refractivity contribution in [3.8, 4) is 0 Å². The summed E-state index contributed by atoms with van der Waals surface area (Å²) in [5.41, 5.74) is 7.38. The molecular formula is C37H54N6O7. The second-order valence-corrected chi connectivity index (χ2v) is 16.0. The molecular weight excluding hydrogens is 640 g/mol. The Morgan fingerprint density at radius 1 is 0.940 bits per heavy atom. The summed E-state index contributed by atoms with van der Waals surface area (Å²) >= 11 is 0. The fourth-order valence-electron chi connectivity index (χ4n) is 8.12. The standard InChI is InChI=1S/C37H54N6O7/c1-19(2)27(18-50-36(49)39-20(3)4)41-35(48)42-29(24-15-22-12-7-8-13-23(22)16-24)34(47)43-17-25-28(37(25,5)6)30(43)33(46)40-26(31(44)32(38)45)14-21-10-9-11-21/h7-8,12-13,19-21,24-30H,9-11,14-18H2,1-6H3,(H2,38,45)(H,39,49)(H,40,46)(H2,41,42,48)/t25?,26?,27-,28?,29+,30+/m1/s1. The van der Waals surface area contributed by atoms with Gasteiger partial charge < -0.3 is 36.6 Å². The van der Waals surface area contributed by atoms with Crippen LogP contribution in [0.25, 0.3) is 0 Å². The van der Waals surface area contributed by atoms with Crippen molar-refractivity contribution in [3.05, 3.63) is 35.4 Å². The van der Waals surface area contributed by atoms with Crippen LogP contribution in [-0.4, -0.2) is 83.9 Å². The van der Waals surface area contributed by atoms with Crippen LogP contribution in [-0.2, 0) is 36.8 Å². The predicted octanol–water partition coefficient (Wildman–Crippen LogP) is 2.44. The fourth-order valence-corrected chi connectivity index (χ4v) is 8.12. The molecule has 3 unspecified atom stereocenters. The van der Waals surface area contributed by atoms with E-state index in [0.717, 1.165) is 30.4 Å². The highest BCUT2D eigenvalue weighted by Gasteiger charge is 2.70. The number of likely N-dealkylation sites (tertiary alicyclic amines) is 1. The average molecular weight is 695 g/mol. The number of amides is 6. The van der Waals surface area contributed by atoms with E-state index in [4.69, 9.17) is 10.5 Å². The van der Waals surface area contributed by atoms with Gasteiger partial charge in [-0.1, -0.05) is 71.2 Å². The van der Waals surface area contributed by atoms with Gasteiger partial charge in [0.1, 0.15) is 18.7 Å². The van der Waals surface area contributed by atoms with E-state index in [0.29, 0.717) is 25.8 Å². The van der Waals surface area contributed by atoms with Crippen LogP contribution < -0.4 is 27.0 Å². The minimum absolute atomic E-state index is 0.0595. The van der Waals surface area contributed by atoms with Crippen molar-refractivity contribution in [1.82, 2.24) is 26.2 Å². The molecule has 0 aromatic heterocycles. The van der Waals surface area contributed by atoms with E-state index >= 15 is 0 Å². The lowest BCUT2D eigenvalue weighted by Crippen LogP contribution is -2.61. The van der Waals surface area contributed by atoms with E-state index < -0.39 is 53.9 Å². The Bertz CT molecular complexity index is 1460. The van der Waals surface area contributed by atoms with Crippen LogP contribution in [0.15, 0.2) is 24.3 Å². The third kappa shape index (κ3) is 8.07. The molecule has 1 aliphatic heterocycles. The van der Waals surface area contributed by atoms with E-state index in [1.165, 1.54) is 0 Å². The number of ether oxygens (including phenoxy) is 1. The SMILES string of the molecule is CC(C)NC(=O)OC[C@@H](NC(=O)N[C@H](C(=O)N1CC2C([C@H]1C(=O)NC(CC1CCC1)C(=O)C(N)=O)C2(C)C)C1Cc2ccccc2C1)C(C)C. The zero-order chi connectivity index (χ0) is 36.5. The summed E-state index contributed by atoms with van der Waals surface area (Å²) in [6.07, 6.45) is 3.74. The highest BCUT2D eigenvalue weighted by atomic mass is 16.5. The average Bonchev–Trinajstić information content (AvgIpc) is 3.39. The van der Waals surface area contributed by atoms with E-state index in [2.05, 4.69) is 35.1 Å². The lowest BCUT2D eigenvalue weighted by atomic mass is 9.80. The number of alkyl carbamates (subject to hydrolysis) is 1. The van der Waals surface area contributed by atoms with Crippen molar-refractivity contribution >= 4 is 35.6 Å². The van der Waals surface area contributed by atoms with Gasteiger partial charge in [-0.15, -0.1) is 0 Å². The second-order valence-electron chi connectivity index (χ2n) is 16.0. The highest BCUT2D eigenvalue weighted by Crippen LogP contribution is 2.65. The molecule has 13 heteroatoms. The first-order valence-corrected chi connectivity index (χ1v) is 18.1. The fraction of sp³-hybridized carbons (Fsp3) is 0.676. The van der Waals surface area contributed by atoms with E-state index in [1.54, 1.807) is 4.90 Å². The van der Waals surface area contributed by atoms with Crippen molar-refractivity contribution in [3.63, 3.8) is 0 Å². The highest BCUT2D eigenvalue weighted by molar-refractivity contribution is 6.37. The van der Waals surface area contributed by atoms with Gasteiger partial charge in [-0.05, 0) is 79.2 Å². The van der Waals surface area contributed by atoms with Crippen molar-refractivity contribution in [2.45, 2.75) is 110 Å². The maximum absolute atomic E-state index is 14.7. The third-order valence-corrected chi connectivity index (χ3v) is 11.5. The summed E-state index contributed by atoms with van der Waals surface area (Å²) in [6, 6.07) is 3.83. The molecule has 274 valence electrons. The summed E-state index contributed by atoms with van der Waals surface area (Å²) in [5.74, 6) is -3.00. The Kier molecular flexibility index (Phi) is 11.1. The van der Waals surface area contributed by atoms with Gasteiger partial charge in [0.15, 0.2) is 0 Å². The molecule has 1 saturated heterocycles. The van der Waals surface area contributed by atoms with Gasteiger partial charge in [-0.2, -0.15) is 0 Å². The summed E-state index contributed by atoms with van der Waals surface area (Å²) in [4.78, 5) is 80.9. The maximum atomic E-state index is 14.7. The molecule has 50 heavy (non-hydrogen) atoms. The van der Waals surface area contributed by atoms with Crippen LogP contribution in [0.5, 0.6) is 0 Å². The zero-order valence-electron chi connectivity index (χ0n) is 30.1. The van der Waals surface area contributed by atoms with Gasteiger partial charge in [0.05, 0.1) is 12.1 Å². The number of primary amides is 1. The molecule has 1 aromatic rings. The first-order valence-electron chi connectivity index (χ1n) is 18.1. The normalized spacial score (nSPS) is 23.9. The van der Waals surface area contributed by atoms with E-state index in [9.17, 15) is 28.8 Å². The number of nitrogens with one attached hydrogen (secondary N) is 4. The smallest absolute Gasteiger partial charge is 0.407 e. The van der Waals surface area contributed by atoms with Gasteiger partial charge >= 0.3 is 12.1 Å². The van der Waals surface area contributed by atoms with Crippen molar-refractivity contribution in [1.29, 1.82) is 0 Å². The second kappa shape index (κ2) is 15.0. The van der Waals surface area contributed by atoms with Crippen LogP contribution >= 0.6 is 0 Å². The van der Waals surface area contributed by atoms with Crippen LogP contribution in [0.4, 0.5) is 9.59 Å². The van der Waals surface area contributed by atoms with E-state index in [1.807, 2.05) is 52.0 Å². The molecule has 0 radical (unpaired) electrons. The first-order chi connectivity index (χ1) is 23.6.